The predicted molar refractivity (Wildman–Crippen MR) is 116 cm³/mol. The molecule has 1 fully saturated rings. The highest BCUT2D eigenvalue weighted by molar-refractivity contribution is 5.98. The van der Waals surface area contributed by atoms with Crippen molar-refractivity contribution in [2.45, 2.75) is 19.6 Å². The summed E-state index contributed by atoms with van der Waals surface area (Å²) in [6.07, 6.45) is 3.77. The SMILES string of the molecule is O=C1NCc2cc(CN3CCN(Cc4cnc(-c5ccccc5)cn4)CC3)ccc21. The molecular formula is C24H25N5O. The largest absolute Gasteiger partial charge is 0.348 e. The molecule has 0 aliphatic carbocycles. The molecule has 2 aromatic carbocycles. The molecule has 0 radical (unpaired) electrons. The van der Waals surface area contributed by atoms with Crippen LogP contribution in [0.5, 0.6) is 0 Å². The number of amides is 1. The smallest absolute Gasteiger partial charge is 0.251 e. The summed E-state index contributed by atoms with van der Waals surface area (Å²) in [4.78, 5) is 25.8. The molecule has 0 spiro atoms. The zero-order valence-electron chi connectivity index (χ0n) is 16.9. The van der Waals surface area contributed by atoms with Crippen LogP contribution in [-0.4, -0.2) is 51.9 Å². The van der Waals surface area contributed by atoms with Crippen LogP contribution in [0, 0.1) is 0 Å². The number of benzene rings is 2. The van der Waals surface area contributed by atoms with Crippen molar-refractivity contribution in [3.63, 3.8) is 0 Å². The lowest BCUT2D eigenvalue weighted by atomic mass is 10.1. The van der Waals surface area contributed by atoms with E-state index in [4.69, 9.17) is 0 Å². The fourth-order valence-electron chi connectivity index (χ4n) is 4.17. The topological polar surface area (TPSA) is 61.4 Å². The second-order valence-electron chi connectivity index (χ2n) is 7.99. The van der Waals surface area contributed by atoms with Crippen LogP contribution in [-0.2, 0) is 19.6 Å². The highest BCUT2D eigenvalue weighted by Crippen LogP contribution is 2.19. The van der Waals surface area contributed by atoms with E-state index in [1.54, 1.807) is 0 Å². The molecule has 0 unspecified atom stereocenters. The van der Waals surface area contributed by atoms with E-state index in [1.807, 2.05) is 36.7 Å². The van der Waals surface area contributed by atoms with Gasteiger partial charge in [-0.1, -0.05) is 42.5 Å². The average molecular weight is 399 g/mol. The standard InChI is InChI=1S/C24H25N5O/c30-24-22-7-6-18(12-20(22)13-27-24)16-28-8-10-29(11-9-28)17-21-14-26-23(15-25-21)19-4-2-1-3-5-19/h1-7,12,14-15H,8-11,13,16-17H2,(H,27,30). The number of carbonyl (C=O) groups excluding carboxylic acids is 1. The van der Waals surface area contributed by atoms with E-state index in [0.717, 1.165) is 67.3 Å². The van der Waals surface area contributed by atoms with Gasteiger partial charge in [-0.25, -0.2) is 0 Å². The Morgan fingerprint density at radius 2 is 1.63 bits per heavy atom. The number of hydrogen-bond acceptors (Lipinski definition) is 5. The Labute approximate surface area is 176 Å². The first kappa shape index (κ1) is 18.9. The number of carbonyl (C=O) groups is 1. The number of hydrogen-bond donors (Lipinski definition) is 1. The molecule has 1 aromatic heterocycles. The van der Waals surface area contributed by atoms with Crippen LogP contribution in [0.1, 0.15) is 27.2 Å². The molecule has 6 heteroatoms. The zero-order chi connectivity index (χ0) is 20.3. The predicted octanol–water partition coefficient (Wildman–Crippen LogP) is 2.70. The number of rotatable bonds is 5. The number of piperazine rings is 1. The van der Waals surface area contributed by atoms with Gasteiger partial charge < -0.3 is 5.32 Å². The van der Waals surface area contributed by atoms with Crippen molar-refractivity contribution in [3.05, 3.63) is 83.3 Å². The minimum atomic E-state index is 0.0464. The molecule has 1 saturated heterocycles. The van der Waals surface area contributed by atoms with Gasteiger partial charge >= 0.3 is 0 Å². The first-order chi connectivity index (χ1) is 14.7. The van der Waals surface area contributed by atoms with E-state index in [1.165, 1.54) is 5.56 Å². The van der Waals surface area contributed by atoms with Crippen LogP contribution in [0.25, 0.3) is 11.3 Å². The molecule has 152 valence electrons. The highest BCUT2D eigenvalue weighted by atomic mass is 16.1. The van der Waals surface area contributed by atoms with Gasteiger partial charge in [0.25, 0.3) is 5.91 Å². The van der Waals surface area contributed by atoms with E-state index in [-0.39, 0.29) is 5.91 Å². The highest BCUT2D eigenvalue weighted by Gasteiger charge is 2.21. The van der Waals surface area contributed by atoms with Crippen LogP contribution < -0.4 is 5.32 Å². The van der Waals surface area contributed by atoms with E-state index in [0.29, 0.717) is 6.54 Å². The Kier molecular flexibility index (Phi) is 5.26. The van der Waals surface area contributed by atoms with E-state index in [9.17, 15) is 4.79 Å². The van der Waals surface area contributed by atoms with Gasteiger partial charge in [0, 0.05) is 56.9 Å². The van der Waals surface area contributed by atoms with Crippen LogP contribution in [0.15, 0.2) is 60.9 Å². The fraction of sp³-hybridized carbons (Fsp3) is 0.292. The van der Waals surface area contributed by atoms with Gasteiger partial charge in [-0.2, -0.15) is 0 Å². The second-order valence-corrected chi connectivity index (χ2v) is 7.99. The Morgan fingerprint density at radius 3 is 2.37 bits per heavy atom. The van der Waals surface area contributed by atoms with Crippen molar-refractivity contribution < 1.29 is 4.79 Å². The summed E-state index contributed by atoms with van der Waals surface area (Å²) in [5.74, 6) is 0.0464. The molecule has 1 N–H and O–H groups in total. The first-order valence-corrected chi connectivity index (χ1v) is 10.5. The second kappa shape index (κ2) is 8.34. The summed E-state index contributed by atoms with van der Waals surface area (Å²) < 4.78 is 0. The third-order valence-corrected chi connectivity index (χ3v) is 5.89. The Hall–Kier alpha value is -3.09. The van der Waals surface area contributed by atoms with Crippen LogP contribution >= 0.6 is 0 Å². The van der Waals surface area contributed by atoms with Crippen molar-refractivity contribution in [1.82, 2.24) is 25.1 Å². The van der Waals surface area contributed by atoms with Crippen molar-refractivity contribution in [1.29, 1.82) is 0 Å². The van der Waals surface area contributed by atoms with E-state index < -0.39 is 0 Å². The monoisotopic (exact) mass is 399 g/mol. The molecule has 3 aromatic rings. The van der Waals surface area contributed by atoms with Gasteiger partial charge in [0.2, 0.25) is 0 Å². The number of aromatic nitrogens is 2. The normalized spacial score (nSPS) is 17.0. The van der Waals surface area contributed by atoms with Gasteiger partial charge in [0.15, 0.2) is 0 Å². The molecule has 6 nitrogen and oxygen atoms in total. The summed E-state index contributed by atoms with van der Waals surface area (Å²) in [5, 5.41) is 2.89. The molecule has 2 aliphatic heterocycles. The van der Waals surface area contributed by atoms with Gasteiger partial charge in [0.05, 0.1) is 23.8 Å². The van der Waals surface area contributed by atoms with Crippen molar-refractivity contribution >= 4 is 5.91 Å². The fourth-order valence-corrected chi connectivity index (χ4v) is 4.17. The maximum absolute atomic E-state index is 11.7. The van der Waals surface area contributed by atoms with E-state index >= 15 is 0 Å². The number of nitrogens with one attached hydrogen (secondary N) is 1. The summed E-state index contributed by atoms with van der Waals surface area (Å²) in [5.41, 5.74) is 6.24. The lowest BCUT2D eigenvalue weighted by Gasteiger charge is -2.34. The molecule has 0 atom stereocenters. The maximum Gasteiger partial charge on any atom is 0.251 e. The maximum atomic E-state index is 11.7. The molecular weight excluding hydrogens is 374 g/mol. The minimum absolute atomic E-state index is 0.0464. The molecule has 3 heterocycles. The van der Waals surface area contributed by atoms with Crippen molar-refractivity contribution in [3.8, 4) is 11.3 Å². The molecule has 0 saturated carbocycles. The Morgan fingerprint density at radius 1 is 0.867 bits per heavy atom. The van der Waals surface area contributed by atoms with Crippen LogP contribution in [0.2, 0.25) is 0 Å². The summed E-state index contributed by atoms with van der Waals surface area (Å²) in [7, 11) is 0. The molecule has 30 heavy (non-hydrogen) atoms. The third kappa shape index (κ3) is 4.10. The van der Waals surface area contributed by atoms with Gasteiger partial charge in [0.1, 0.15) is 0 Å². The molecule has 2 aliphatic rings. The quantitative estimate of drug-likeness (QED) is 0.715. The summed E-state index contributed by atoms with van der Waals surface area (Å²) in [6, 6.07) is 16.4. The van der Waals surface area contributed by atoms with Crippen molar-refractivity contribution in [2.24, 2.45) is 0 Å². The Balaban J connectivity index is 1.13. The lowest BCUT2D eigenvalue weighted by molar-refractivity contribution is 0.0965. The summed E-state index contributed by atoms with van der Waals surface area (Å²) in [6.45, 7) is 6.52. The average Bonchev–Trinajstić information content (AvgIpc) is 3.16. The zero-order valence-corrected chi connectivity index (χ0v) is 16.9. The number of fused-ring (bicyclic) bond motifs is 1. The van der Waals surface area contributed by atoms with Crippen LogP contribution in [0.3, 0.4) is 0 Å². The van der Waals surface area contributed by atoms with Crippen LogP contribution in [0.4, 0.5) is 0 Å². The molecule has 5 rings (SSSR count). The summed E-state index contributed by atoms with van der Waals surface area (Å²) >= 11 is 0. The van der Waals surface area contributed by atoms with Crippen molar-refractivity contribution in [2.75, 3.05) is 26.2 Å². The molecule has 1 amide bonds. The minimum Gasteiger partial charge on any atom is -0.348 e. The Bertz CT molecular complexity index is 1030. The third-order valence-electron chi connectivity index (χ3n) is 5.89. The number of nitrogens with zero attached hydrogens (tertiary/aromatic N) is 4. The van der Waals surface area contributed by atoms with Gasteiger partial charge in [-0.15, -0.1) is 0 Å². The first-order valence-electron chi connectivity index (χ1n) is 10.5. The lowest BCUT2D eigenvalue weighted by Crippen LogP contribution is -2.45. The van der Waals surface area contributed by atoms with Gasteiger partial charge in [-0.05, 0) is 17.2 Å². The van der Waals surface area contributed by atoms with Gasteiger partial charge in [-0.3, -0.25) is 24.6 Å². The molecule has 0 bridgehead atoms. The van der Waals surface area contributed by atoms with E-state index in [2.05, 4.69) is 49.4 Å².